The van der Waals surface area contributed by atoms with Gasteiger partial charge in [0.2, 0.25) is 0 Å². The van der Waals surface area contributed by atoms with Gasteiger partial charge in [0.1, 0.15) is 5.60 Å². The summed E-state index contributed by atoms with van der Waals surface area (Å²) in [6.07, 6.45) is 0. The van der Waals surface area contributed by atoms with Crippen LogP contribution >= 0.6 is 0 Å². The Morgan fingerprint density at radius 3 is 1.82 bits per heavy atom. The van der Waals surface area contributed by atoms with Crippen LogP contribution in [-0.4, -0.2) is 28.7 Å². The van der Waals surface area contributed by atoms with Gasteiger partial charge in [-0.1, -0.05) is 13.8 Å². The highest BCUT2D eigenvalue weighted by Crippen LogP contribution is 2.29. The zero-order valence-corrected chi connectivity index (χ0v) is 11.4. The molecule has 2 unspecified atom stereocenters. The summed E-state index contributed by atoms with van der Waals surface area (Å²) in [4.78, 5) is 23.3. The van der Waals surface area contributed by atoms with E-state index in [1.54, 1.807) is 34.6 Å². The van der Waals surface area contributed by atoms with Gasteiger partial charge in [0.05, 0.1) is 0 Å². The van der Waals surface area contributed by atoms with Gasteiger partial charge in [-0.05, 0) is 33.6 Å². The fourth-order valence-electron chi connectivity index (χ4n) is 1.42. The average molecular weight is 245 g/mol. The standard InChI is InChI=1S/C12H23NO4/c1-7(2)8(13)12(6,9(14)15)10(16)17-11(3,4)5/h7-8H,13H2,1-6H3,(H,14,15). The molecule has 0 heterocycles. The number of ether oxygens (including phenoxy) is 1. The van der Waals surface area contributed by atoms with Crippen LogP contribution in [0, 0.1) is 11.3 Å². The van der Waals surface area contributed by atoms with Gasteiger partial charge < -0.3 is 15.6 Å². The lowest BCUT2D eigenvalue weighted by Crippen LogP contribution is -2.55. The minimum atomic E-state index is -1.72. The third kappa shape index (κ3) is 3.70. The maximum atomic E-state index is 12.0. The largest absolute Gasteiger partial charge is 0.480 e. The van der Waals surface area contributed by atoms with E-state index in [1.165, 1.54) is 6.92 Å². The van der Waals surface area contributed by atoms with Crippen LogP contribution < -0.4 is 5.73 Å². The van der Waals surface area contributed by atoms with E-state index in [0.717, 1.165) is 0 Å². The number of esters is 1. The monoisotopic (exact) mass is 245 g/mol. The number of carbonyl (C=O) groups is 2. The SMILES string of the molecule is CC(C)C(N)C(C)(C(=O)O)C(=O)OC(C)(C)C. The first kappa shape index (κ1) is 15.9. The lowest BCUT2D eigenvalue weighted by molar-refractivity contribution is -0.178. The van der Waals surface area contributed by atoms with Crippen LogP contribution in [0.3, 0.4) is 0 Å². The van der Waals surface area contributed by atoms with Gasteiger partial charge in [-0.25, -0.2) is 0 Å². The van der Waals surface area contributed by atoms with Crippen molar-refractivity contribution in [1.29, 1.82) is 0 Å². The average Bonchev–Trinajstić information content (AvgIpc) is 2.11. The number of carboxylic acid groups (broad SMARTS) is 1. The van der Waals surface area contributed by atoms with Crippen LogP contribution in [0.1, 0.15) is 41.5 Å². The fourth-order valence-corrected chi connectivity index (χ4v) is 1.42. The van der Waals surface area contributed by atoms with E-state index < -0.39 is 29.0 Å². The third-order valence-electron chi connectivity index (χ3n) is 2.65. The Hall–Kier alpha value is -1.10. The van der Waals surface area contributed by atoms with E-state index in [1.807, 2.05) is 0 Å². The molecule has 100 valence electrons. The number of rotatable bonds is 4. The Morgan fingerprint density at radius 2 is 1.59 bits per heavy atom. The number of nitrogens with two attached hydrogens (primary N) is 1. The summed E-state index contributed by atoms with van der Waals surface area (Å²) in [5.41, 5.74) is 3.38. The maximum absolute atomic E-state index is 12.0. The van der Waals surface area contributed by atoms with Gasteiger partial charge in [0, 0.05) is 6.04 Å². The minimum absolute atomic E-state index is 0.136. The molecule has 5 nitrogen and oxygen atoms in total. The predicted molar refractivity (Wildman–Crippen MR) is 64.4 cm³/mol. The van der Waals surface area contributed by atoms with E-state index in [9.17, 15) is 14.7 Å². The summed E-state index contributed by atoms with van der Waals surface area (Å²) in [7, 11) is 0. The number of hydrogen-bond donors (Lipinski definition) is 2. The van der Waals surface area contributed by atoms with E-state index in [0.29, 0.717) is 0 Å². The van der Waals surface area contributed by atoms with Crippen molar-refractivity contribution in [3.8, 4) is 0 Å². The summed E-state index contributed by atoms with van der Waals surface area (Å²) in [5.74, 6) is -2.18. The van der Waals surface area contributed by atoms with Crippen LogP contribution in [0.2, 0.25) is 0 Å². The molecule has 0 rings (SSSR count). The second-order valence-electron chi connectivity index (χ2n) is 5.78. The molecular formula is C12H23NO4. The van der Waals surface area contributed by atoms with Gasteiger partial charge in [-0.15, -0.1) is 0 Å². The minimum Gasteiger partial charge on any atom is -0.480 e. The molecule has 5 heteroatoms. The Kier molecular flexibility index (Phi) is 4.71. The maximum Gasteiger partial charge on any atom is 0.325 e. The molecule has 0 radical (unpaired) electrons. The lowest BCUT2D eigenvalue weighted by atomic mass is 9.77. The summed E-state index contributed by atoms with van der Waals surface area (Å²) in [6.45, 7) is 9.93. The van der Waals surface area contributed by atoms with Crippen LogP contribution in [0.15, 0.2) is 0 Å². The van der Waals surface area contributed by atoms with Crippen molar-refractivity contribution in [2.45, 2.75) is 53.2 Å². The molecular weight excluding hydrogens is 222 g/mol. The molecule has 0 aliphatic heterocycles. The third-order valence-corrected chi connectivity index (χ3v) is 2.65. The highest BCUT2D eigenvalue weighted by atomic mass is 16.6. The Bertz CT molecular complexity index is 306. The van der Waals surface area contributed by atoms with Crippen LogP contribution in [0.25, 0.3) is 0 Å². The molecule has 0 saturated heterocycles. The van der Waals surface area contributed by atoms with Crippen molar-refractivity contribution in [1.82, 2.24) is 0 Å². The van der Waals surface area contributed by atoms with Crippen molar-refractivity contribution >= 4 is 11.9 Å². The zero-order valence-electron chi connectivity index (χ0n) is 11.4. The molecule has 17 heavy (non-hydrogen) atoms. The zero-order chi connectivity index (χ0) is 14.0. The van der Waals surface area contributed by atoms with Gasteiger partial charge in [-0.2, -0.15) is 0 Å². The smallest absolute Gasteiger partial charge is 0.325 e. The molecule has 0 bridgehead atoms. The van der Waals surface area contributed by atoms with E-state index in [4.69, 9.17) is 10.5 Å². The molecule has 2 atom stereocenters. The number of carbonyl (C=O) groups excluding carboxylic acids is 1. The molecule has 0 aliphatic rings. The van der Waals surface area contributed by atoms with E-state index >= 15 is 0 Å². The fraction of sp³-hybridized carbons (Fsp3) is 0.833. The second-order valence-corrected chi connectivity index (χ2v) is 5.78. The number of hydrogen-bond acceptors (Lipinski definition) is 4. The summed E-state index contributed by atoms with van der Waals surface area (Å²) >= 11 is 0. The normalized spacial score (nSPS) is 17.4. The molecule has 0 saturated carbocycles. The van der Waals surface area contributed by atoms with Gasteiger partial charge >= 0.3 is 11.9 Å². The Morgan fingerprint density at radius 1 is 1.18 bits per heavy atom. The van der Waals surface area contributed by atoms with Crippen LogP contribution in [0.5, 0.6) is 0 Å². The molecule has 0 aromatic carbocycles. The lowest BCUT2D eigenvalue weighted by Gasteiger charge is -2.34. The first-order valence-corrected chi connectivity index (χ1v) is 5.65. The second kappa shape index (κ2) is 5.04. The van der Waals surface area contributed by atoms with Gasteiger partial charge in [0.15, 0.2) is 5.41 Å². The first-order chi connectivity index (χ1) is 7.43. The van der Waals surface area contributed by atoms with Crippen molar-refractivity contribution in [2.24, 2.45) is 17.1 Å². The van der Waals surface area contributed by atoms with E-state index in [2.05, 4.69) is 0 Å². The quantitative estimate of drug-likeness (QED) is 0.577. The highest BCUT2D eigenvalue weighted by molar-refractivity contribution is 5.99. The van der Waals surface area contributed by atoms with Gasteiger partial charge in [-0.3, -0.25) is 9.59 Å². The van der Waals surface area contributed by atoms with E-state index in [-0.39, 0.29) is 5.92 Å². The molecule has 0 fully saturated rings. The Labute approximate surface area is 102 Å². The molecule has 0 aromatic rings. The van der Waals surface area contributed by atoms with Crippen LogP contribution in [0.4, 0.5) is 0 Å². The van der Waals surface area contributed by atoms with Crippen molar-refractivity contribution in [2.75, 3.05) is 0 Å². The molecule has 0 spiro atoms. The summed E-state index contributed by atoms with van der Waals surface area (Å²) in [5, 5.41) is 9.24. The van der Waals surface area contributed by atoms with Crippen molar-refractivity contribution in [3.63, 3.8) is 0 Å². The number of carboxylic acids is 1. The highest BCUT2D eigenvalue weighted by Gasteiger charge is 2.50. The van der Waals surface area contributed by atoms with Crippen LogP contribution in [-0.2, 0) is 14.3 Å². The molecule has 0 aromatic heterocycles. The summed E-state index contributed by atoms with van der Waals surface area (Å²) < 4.78 is 5.14. The number of aliphatic carboxylic acids is 1. The predicted octanol–water partition coefficient (Wildman–Crippen LogP) is 1.40. The van der Waals surface area contributed by atoms with Crippen molar-refractivity contribution in [3.05, 3.63) is 0 Å². The Balaban J connectivity index is 5.23. The summed E-state index contributed by atoms with van der Waals surface area (Å²) in [6, 6.07) is -0.796. The first-order valence-electron chi connectivity index (χ1n) is 5.65. The molecule has 0 amide bonds. The van der Waals surface area contributed by atoms with Crippen molar-refractivity contribution < 1.29 is 19.4 Å². The van der Waals surface area contributed by atoms with Gasteiger partial charge in [0.25, 0.3) is 0 Å². The molecule has 0 aliphatic carbocycles. The topological polar surface area (TPSA) is 89.6 Å². The molecule has 3 N–H and O–H groups in total.